The monoisotopic (exact) mass is 187 g/mol. The van der Waals surface area contributed by atoms with Gasteiger partial charge in [-0.3, -0.25) is 0 Å². The SMILES string of the molecule is COC(C)(C)CC1COCCC1N. The maximum atomic E-state index is 6.01. The molecular formula is C10H21NO2. The summed E-state index contributed by atoms with van der Waals surface area (Å²) in [5, 5.41) is 0. The van der Waals surface area contributed by atoms with E-state index in [1.807, 2.05) is 0 Å². The largest absolute Gasteiger partial charge is 0.381 e. The predicted molar refractivity (Wildman–Crippen MR) is 52.6 cm³/mol. The van der Waals surface area contributed by atoms with Crippen molar-refractivity contribution >= 4 is 0 Å². The van der Waals surface area contributed by atoms with E-state index in [0.717, 1.165) is 26.1 Å². The Morgan fingerprint density at radius 3 is 2.77 bits per heavy atom. The fraction of sp³-hybridized carbons (Fsp3) is 1.00. The van der Waals surface area contributed by atoms with Crippen LogP contribution in [0.4, 0.5) is 0 Å². The molecule has 0 spiro atoms. The standard InChI is InChI=1S/C10H21NO2/c1-10(2,12-3)6-8-7-13-5-4-9(8)11/h8-9H,4-7,11H2,1-3H3. The second-order valence-corrected chi connectivity index (χ2v) is 4.46. The van der Waals surface area contributed by atoms with Gasteiger partial charge in [0, 0.05) is 25.7 Å². The number of ether oxygens (including phenoxy) is 2. The highest BCUT2D eigenvalue weighted by atomic mass is 16.5. The van der Waals surface area contributed by atoms with Crippen molar-refractivity contribution in [2.45, 2.75) is 38.3 Å². The minimum Gasteiger partial charge on any atom is -0.381 e. The Morgan fingerprint density at radius 2 is 2.23 bits per heavy atom. The van der Waals surface area contributed by atoms with Gasteiger partial charge in [0.25, 0.3) is 0 Å². The highest BCUT2D eigenvalue weighted by molar-refractivity contribution is 4.82. The Bertz CT molecular complexity index is 159. The van der Waals surface area contributed by atoms with Crippen molar-refractivity contribution in [3.63, 3.8) is 0 Å². The first-order valence-corrected chi connectivity index (χ1v) is 4.93. The fourth-order valence-electron chi connectivity index (χ4n) is 1.74. The Labute approximate surface area is 80.6 Å². The lowest BCUT2D eigenvalue weighted by atomic mass is 9.86. The van der Waals surface area contributed by atoms with Crippen molar-refractivity contribution in [2.75, 3.05) is 20.3 Å². The second kappa shape index (κ2) is 4.40. The number of rotatable bonds is 3. The van der Waals surface area contributed by atoms with Crippen LogP contribution in [-0.2, 0) is 9.47 Å². The lowest BCUT2D eigenvalue weighted by molar-refractivity contribution is -0.0339. The van der Waals surface area contributed by atoms with Gasteiger partial charge in [0.15, 0.2) is 0 Å². The maximum absolute atomic E-state index is 6.01. The summed E-state index contributed by atoms with van der Waals surface area (Å²) in [7, 11) is 1.75. The summed E-state index contributed by atoms with van der Waals surface area (Å²) in [5.41, 5.74) is 5.92. The molecular weight excluding hydrogens is 166 g/mol. The highest BCUT2D eigenvalue weighted by Crippen LogP contribution is 2.25. The molecule has 0 aromatic heterocycles. The third-order valence-corrected chi connectivity index (χ3v) is 2.84. The molecule has 0 bridgehead atoms. The zero-order chi connectivity index (χ0) is 9.90. The van der Waals surface area contributed by atoms with Crippen molar-refractivity contribution < 1.29 is 9.47 Å². The van der Waals surface area contributed by atoms with Gasteiger partial charge in [-0.15, -0.1) is 0 Å². The van der Waals surface area contributed by atoms with Gasteiger partial charge in [-0.2, -0.15) is 0 Å². The summed E-state index contributed by atoms with van der Waals surface area (Å²) in [6.45, 7) is 5.78. The average molecular weight is 187 g/mol. The van der Waals surface area contributed by atoms with Crippen LogP contribution in [-0.4, -0.2) is 32.0 Å². The summed E-state index contributed by atoms with van der Waals surface area (Å²) in [5.74, 6) is 0.448. The van der Waals surface area contributed by atoms with E-state index >= 15 is 0 Å². The molecule has 0 aromatic carbocycles. The Morgan fingerprint density at radius 1 is 1.54 bits per heavy atom. The molecule has 2 N–H and O–H groups in total. The molecule has 1 saturated heterocycles. The molecule has 3 nitrogen and oxygen atoms in total. The Balaban J connectivity index is 2.42. The molecule has 0 radical (unpaired) electrons. The molecule has 78 valence electrons. The minimum absolute atomic E-state index is 0.0804. The lowest BCUT2D eigenvalue weighted by Crippen LogP contribution is -2.42. The summed E-state index contributed by atoms with van der Waals surface area (Å²) < 4.78 is 10.8. The van der Waals surface area contributed by atoms with Crippen LogP contribution in [0.3, 0.4) is 0 Å². The van der Waals surface area contributed by atoms with Crippen LogP contribution >= 0.6 is 0 Å². The van der Waals surface area contributed by atoms with Gasteiger partial charge in [0.1, 0.15) is 0 Å². The van der Waals surface area contributed by atoms with E-state index in [-0.39, 0.29) is 11.6 Å². The summed E-state index contributed by atoms with van der Waals surface area (Å²) in [6.07, 6.45) is 1.95. The van der Waals surface area contributed by atoms with Crippen LogP contribution in [0.25, 0.3) is 0 Å². The molecule has 13 heavy (non-hydrogen) atoms. The third kappa shape index (κ3) is 3.25. The van der Waals surface area contributed by atoms with Crippen LogP contribution in [0, 0.1) is 5.92 Å². The van der Waals surface area contributed by atoms with Crippen LogP contribution in [0.1, 0.15) is 26.7 Å². The van der Waals surface area contributed by atoms with Crippen molar-refractivity contribution in [3.8, 4) is 0 Å². The van der Waals surface area contributed by atoms with E-state index in [1.54, 1.807) is 7.11 Å². The van der Waals surface area contributed by atoms with Crippen LogP contribution in [0.2, 0.25) is 0 Å². The number of hydrogen-bond donors (Lipinski definition) is 1. The first kappa shape index (κ1) is 11.0. The van der Waals surface area contributed by atoms with Crippen molar-refractivity contribution in [2.24, 2.45) is 11.7 Å². The third-order valence-electron chi connectivity index (χ3n) is 2.84. The summed E-state index contributed by atoms with van der Waals surface area (Å²) >= 11 is 0. The predicted octanol–water partition coefficient (Wildman–Crippen LogP) is 1.17. The average Bonchev–Trinajstić information content (AvgIpc) is 2.09. The first-order valence-electron chi connectivity index (χ1n) is 4.93. The topological polar surface area (TPSA) is 44.5 Å². The molecule has 0 saturated carbocycles. The molecule has 1 fully saturated rings. The van der Waals surface area contributed by atoms with Crippen LogP contribution in [0.15, 0.2) is 0 Å². The van der Waals surface area contributed by atoms with Crippen LogP contribution in [0.5, 0.6) is 0 Å². The number of methoxy groups -OCH3 is 1. The Hall–Kier alpha value is -0.120. The van der Waals surface area contributed by atoms with Gasteiger partial charge >= 0.3 is 0 Å². The van der Waals surface area contributed by atoms with Gasteiger partial charge < -0.3 is 15.2 Å². The van der Waals surface area contributed by atoms with Gasteiger partial charge in [0.2, 0.25) is 0 Å². The van der Waals surface area contributed by atoms with Crippen LogP contribution < -0.4 is 5.73 Å². The van der Waals surface area contributed by atoms with Gasteiger partial charge in [-0.25, -0.2) is 0 Å². The fourth-order valence-corrected chi connectivity index (χ4v) is 1.74. The lowest BCUT2D eigenvalue weighted by Gasteiger charge is -2.34. The van der Waals surface area contributed by atoms with E-state index < -0.39 is 0 Å². The van der Waals surface area contributed by atoms with E-state index in [0.29, 0.717) is 5.92 Å². The first-order chi connectivity index (χ1) is 6.05. The minimum atomic E-state index is -0.0804. The van der Waals surface area contributed by atoms with Gasteiger partial charge in [-0.05, 0) is 26.7 Å². The zero-order valence-corrected chi connectivity index (χ0v) is 8.88. The van der Waals surface area contributed by atoms with Gasteiger partial charge in [0.05, 0.1) is 12.2 Å². The smallest absolute Gasteiger partial charge is 0.0626 e. The van der Waals surface area contributed by atoms with Crippen molar-refractivity contribution in [1.82, 2.24) is 0 Å². The molecule has 3 heteroatoms. The molecule has 0 aromatic rings. The molecule has 1 heterocycles. The van der Waals surface area contributed by atoms with E-state index in [9.17, 15) is 0 Å². The Kier molecular flexibility index (Phi) is 3.71. The second-order valence-electron chi connectivity index (χ2n) is 4.46. The number of hydrogen-bond acceptors (Lipinski definition) is 3. The molecule has 1 rings (SSSR count). The number of nitrogens with two attached hydrogens (primary N) is 1. The molecule has 0 aliphatic carbocycles. The zero-order valence-electron chi connectivity index (χ0n) is 8.88. The molecule has 0 amide bonds. The summed E-state index contributed by atoms with van der Waals surface area (Å²) in [4.78, 5) is 0. The van der Waals surface area contributed by atoms with E-state index in [4.69, 9.17) is 15.2 Å². The van der Waals surface area contributed by atoms with Gasteiger partial charge in [-0.1, -0.05) is 0 Å². The molecule has 1 aliphatic heterocycles. The van der Waals surface area contributed by atoms with E-state index in [2.05, 4.69) is 13.8 Å². The molecule has 1 aliphatic rings. The van der Waals surface area contributed by atoms with Crippen molar-refractivity contribution in [3.05, 3.63) is 0 Å². The van der Waals surface area contributed by atoms with Crippen molar-refractivity contribution in [1.29, 1.82) is 0 Å². The maximum Gasteiger partial charge on any atom is 0.0626 e. The highest BCUT2D eigenvalue weighted by Gasteiger charge is 2.29. The molecule has 2 unspecified atom stereocenters. The normalized spacial score (nSPS) is 30.5. The molecule has 2 atom stereocenters. The quantitative estimate of drug-likeness (QED) is 0.721. The van der Waals surface area contributed by atoms with E-state index in [1.165, 1.54) is 0 Å². The summed E-state index contributed by atoms with van der Waals surface area (Å²) in [6, 6.07) is 0.281.